The van der Waals surface area contributed by atoms with Crippen LogP contribution in [0, 0.1) is 11.8 Å². The molecule has 1 atom stereocenters. The first-order valence-corrected chi connectivity index (χ1v) is 13.7. The predicted octanol–water partition coefficient (Wildman–Crippen LogP) is 4.44. The minimum absolute atomic E-state index is 0.0327. The van der Waals surface area contributed by atoms with E-state index in [0.717, 1.165) is 42.4 Å². The predicted molar refractivity (Wildman–Crippen MR) is 142 cm³/mol. The lowest BCUT2D eigenvalue weighted by Gasteiger charge is -2.30. The monoisotopic (exact) mass is 517 g/mol. The van der Waals surface area contributed by atoms with E-state index >= 15 is 0 Å². The van der Waals surface area contributed by atoms with Crippen molar-refractivity contribution < 1.29 is 24.2 Å². The Bertz CT molecular complexity index is 1170. The summed E-state index contributed by atoms with van der Waals surface area (Å²) in [5.74, 6) is -0.686. The Morgan fingerprint density at radius 3 is 2.32 bits per heavy atom. The Balaban J connectivity index is 1.27. The van der Waals surface area contributed by atoms with Crippen LogP contribution in [0.15, 0.2) is 59.7 Å². The number of ether oxygens (including phenoxy) is 1. The highest BCUT2D eigenvalue weighted by Crippen LogP contribution is 2.38. The lowest BCUT2D eigenvalue weighted by Crippen LogP contribution is -2.42. The summed E-state index contributed by atoms with van der Waals surface area (Å²) < 4.78 is 5.54. The molecule has 0 radical (unpaired) electrons. The van der Waals surface area contributed by atoms with E-state index < -0.39 is 5.97 Å². The fraction of sp³-hybridized carbons (Fsp3) is 0.467. The maximum Gasteiger partial charge on any atom is 0.306 e. The van der Waals surface area contributed by atoms with Crippen molar-refractivity contribution >= 4 is 23.7 Å². The van der Waals surface area contributed by atoms with Gasteiger partial charge in [-0.1, -0.05) is 55.3 Å². The number of carboxylic acid groups (broad SMARTS) is 1. The first-order valence-electron chi connectivity index (χ1n) is 13.7. The molecule has 2 amide bonds. The Morgan fingerprint density at radius 1 is 0.974 bits per heavy atom. The Kier molecular flexibility index (Phi) is 8.05. The van der Waals surface area contributed by atoms with Crippen LogP contribution >= 0.6 is 0 Å². The summed E-state index contributed by atoms with van der Waals surface area (Å²) in [6.07, 6.45) is 6.97. The molecule has 0 saturated heterocycles. The van der Waals surface area contributed by atoms with Crippen molar-refractivity contribution in [2.75, 3.05) is 6.61 Å². The zero-order chi connectivity index (χ0) is 26.5. The van der Waals surface area contributed by atoms with E-state index in [4.69, 9.17) is 4.74 Å². The molecule has 2 saturated carbocycles. The van der Waals surface area contributed by atoms with E-state index in [1.165, 1.54) is 5.01 Å². The Labute approximate surface area is 223 Å². The molecule has 1 unspecified atom stereocenters. The van der Waals surface area contributed by atoms with Crippen molar-refractivity contribution in [3.8, 4) is 0 Å². The van der Waals surface area contributed by atoms with Crippen LogP contribution in [-0.2, 0) is 25.7 Å². The molecule has 1 heterocycles. The van der Waals surface area contributed by atoms with Gasteiger partial charge in [0, 0.05) is 11.6 Å². The van der Waals surface area contributed by atoms with Crippen LogP contribution in [0.3, 0.4) is 0 Å². The first-order chi connectivity index (χ1) is 18.5. The van der Waals surface area contributed by atoms with Gasteiger partial charge in [-0.25, -0.2) is 5.01 Å². The molecule has 2 aromatic rings. The molecule has 2 fully saturated rings. The number of carbonyl (C=O) groups excluding carboxylic acids is 2. The van der Waals surface area contributed by atoms with E-state index in [1.807, 2.05) is 54.6 Å². The van der Waals surface area contributed by atoms with Crippen LogP contribution in [0.2, 0.25) is 0 Å². The van der Waals surface area contributed by atoms with E-state index in [-0.39, 0.29) is 36.3 Å². The van der Waals surface area contributed by atoms with Crippen molar-refractivity contribution in [2.45, 2.75) is 69.9 Å². The van der Waals surface area contributed by atoms with Gasteiger partial charge >= 0.3 is 5.97 Å². The molecule has 0 aromatic heterocycles. The molecular weight excluding hydrogens is 482 g/mol. The molecule has 1 aliphatic heterocycles. The number of carboxylic acids is 1. The smallest absolute Gasteiger partial charge is 0.306 e. The lowest BCUT2D eigenvalue weighted by molar-refractivity contribution is -0.143. The van der Waals surface area contributed by atoms with Crippen LogP contribution in [0.25, 0.3) is 0 Å². The van der Waals surface area contributed by atoms with Gasteiger partial charge in [0.05, 0.1) is 18.4 Å². The number of nitrogens with one attached hydrogen (secondary N) is 1. The van der Waals surface area contributed by atoms with Gasteiger partial charge in [0.15, 0.2) is 6.61 Å². The molecule has 5 rings (SSSR count). The fourth-order valence-electron chi connectivity index (χ4n) is 5.95. The number of benzene rings is 2. The van der Waals surface area contributed by atoms with Crippen molar-refractivity contribution in [1.82, 2.24) is 10.3 Å². The number of carbonyl (C=O) groups is 3. The highest BCUT2D eigenvalue weighted by Gasteiger charge is 2.34. The second-order valence-corrected chi connectivity index (χ2v) is 10.7. The molecule has 200 valence electrons. The number of nitrogens with zero attached hydrogens (tertiary/aromatic N) is 2. The minimum atomic E-state index is -0.737. The normalized spacial score (nSPS) is 22.9. The SMILES string of the molecule is O=C(O)C1CCC(NC(=O)C(c2ccc(CN3N=C(c4ccccc4)OCC3=O)cc2)C2CCCC2)CC1. The quantitative estimate of drug-likeness (QED) is 0.538. The zero-order valence-corrected chi connectivity index (χ0v) is 21.6. The van der Waals surface area contributed by atoms with Gasteiger partial charge in [0.2, 0.25) is 11.8 Å². The van der Waals surface area contributed by atoms with Crippen LogP contribution in [0.1, 0.15) is 74.0 Å². The van der Waals surface area contributed by atoms with Crippen molar-refractivity contribution in [1.29, 1.82) is 0 Å². The fourth-order valence-corrected chi connectivity index (χ4v) is 5.95. The minimum Gasteiger partial charge on any atom is -0.481 e. The van der Waals surface area contributed by atoms with Crippen LogP contribution in [0.4, 0.5) is 0 Å². The summed E-state index contributed by atoms with van der Waals surface area (Å²) in [4.78, 5) is 37.3. The van der Waals surface area contributed by atoms with Gasteiger partial charge in [-0.2, -0.15) is 0 Å². The topological polar surface area (TPSA) is 108 Å². The molecule has 2 N–H and O–H groups in total. The molecule has 38 heavy (non-hydrogen) atoms. The molecule has 2 aliphatic carbocycles. The van der Waals surface area contributed by atoms with Gasteiger partial charge in [-0.15, -0.1) is 5.10 Å². The molecule has 8 nitrogen and oxygen atoms in total. The Morgan fingerprint density at radius 2 is 1.66 bits per heavy atom. The van der Waals surface area contributed by atoms with Gasteiger partial charge in [-0.3, -0.25) is 14.4 Å². The summed E-state index contributed by atoms with van der Waals surface area (Å²) in [7, 11) is 0. The van der Waals surface area contributed by atoms with Gasteiger partial charge in [0.25, 0.3) is 5.91 Å². The standard InChI is InChI=1S/C30H35N3O5/c34-26-19-38-29(23-8-2-1-3-9-23)32-33(26)18-20-10-12-22(13-11-20)27(21-6-4-5-7-21)28(35)31-25-16-14-24(15-17-25)30(36)37/h1-3,8-13,21,24-25,27H,4-7,14-19H2,(H,31,35)(H,36,37). The maximum absolute atomic E-state index is 13.5. The lowest BCUT2D eigenvalue weighted by atomic mass is 9.82. The summed E-state index contributed by atoms with van der Waals surface area (Å²) in [5.41, 5.74) is 2.74. The summed E-state index contributed by atoms with van der Waals surface area (Å²) in [6.45, 7) is 0.274. The van der Waals surface area contributed by atoms with Crippen LogP contribution in [-0.4, -0.2) is 46.4 Å². The van der Waals surface area contributed by atoms with Crippen molar-refractivity contribution in [3.63, 3.8) is 0 Å². The molecule has 2 aromatic carbocycles. The van der Waals surface area contributed by atoms with Gasteiger partial charge in [0.1, 0.15) is 0 Å². The maximum atomic E-state index is 13.5. The molecule has 0 spiro atoms. The third kappa shape index (κ3) is 6.06. The second-order valence-electron chi connectivity index (χ2n) is 10.7. The summed E-state index contributed by atoms with van der Waals surface area (Å²) >= 11 is 0. The third-order valence-corrected chi connectivity index (χ3v) is 8.10. The van der Waals surface area contributed by atoms with Crippen LogP contribution in [0.5, 0.6) is 0 Å². The van der Waals surface area contributed by atoms with Crippen molar-refractivity contribution in [3.05, 3.63) is 71.3 Å². The number of hydrogen-bond donors (Lipinski definition) is 2. The van der Waals surface area contributed by atoms with E-state index in [9.17, 15) is 19.5 Å². The van der Waals surface area contributed by atoms with Crippen molar-refractivity contribution in [2.24, 2.45) is 16.9 Å². The Hall–Kier alpha value is -3.68. The number of hydrogen-bond acceptors (Lipinski definition) is 5. The average molecular weight is 518 g/mol. The van der Waals surface area contributed by atoms with E-state index in [1.54, 1.807) is 0 Å². The third-order valence-electron chi connectivity index (χ3n) is 8.10. The number of amides is 2. The highest BCUT2D eigenvalue weighted by atomic mass is 16.5. The van der Waals surface area contributed by atoms with Crippen LogP contribution < -0.4 is 5.32 Å². The highest BCUT2D eigenvalue weighted by molar-refractivity contribution is 5.97. The zero-order valence-electron chi connectivity index (χ0n) is 21.6. The second kappa shape index (κ2) is 11.8. The van der Waals surface area contributed by atoms with Gasteiger partial charge < -0.3 is 15.2 Å². The van der Waals surface area contributed by atoms with Gasteiger partial charge in [-0.05, 0) is 67.7 Å². The molecule has 0 bridgehead atoms. The molecule has 8 heteroatoms. The summed E-state index contributed by atoms with van der Waals surface area (Å²) in [6, 6.07) is 17.5. The summed E-state index contributed by atoms with van der Waals surface area (Å²) in [5, 5.41) is 18.4. The molecular formula is C30H35N3O5. The largest absolute Gasteiger partial charge is 0.481 e. The molecule has 3 aliphatic rings. The van der Waals surface area contributed by atoms with E-state index in [2.05, 4.69) is 10.4 Å². The number of hydrazone groups is 1. The number of aliphatic carboxylic acids is 1. The first kappa shape index (κ1) is 25.9. The van der Waals surface area contributed by atoms with E-state index in [0.29, 0.717) is 44.0 Å². The average Bonchev–Trinajstić information content (AvgIpc) is 3.46. The number of rotatable bonds is 8.